The number of esters is 1. The van der Waals surface area contributed by atoms with Crippen LogP contribution in [0.3, 0.4) is 0 Å². The van der Waals surface area contributed by atoms with Crippen molar-refractivity contribution in [3.8, 4) is 0 Å². The highest BCUT2D eigenvalue weighted by atomic mass is 16.5. The first-order chi connectivity index (χ1) is 8.42. The van der Waals surface area contributed by atoms with E-state index >= 15 is 0 Å². The molecule has 0 heterocycles. The van der Waals surface area contributed by atoms with E-state index in [-0.39, 0.29) is 5.97 Å². The lowest BCUT2D eigenvalue weighted by atomic mass is 10.0. The van der Waals surface area contributed by atoms with Crippen LogP contribution in [-0.4, -0.2) is 49.2 Å². The number of hydrogen-bond acceptors (Lipinski definition) is 4. The fourth-order valence-electron chi connectivity index (χ4n) is 2.03. The van der Waals surface area contributed by atoms with Crippen molar-refractivity contribution in [3.05, 3.63) is 0 Å². The zero-order chi connectivity index (χ0) is 13.8. The summed E-state index contributed by atoms with van der Waals surface area (Å²) in [5, 5.41) is 3.13. The molecular weight excluding hydrogens is 228 g/mol. The third-order valence-corrected chi connectivity index (χ3v) is 3.72. The summed E-state index contributed by atoms with van der Waals surface area (Å²) in [6, 6.07) is 0.452. The number of nitrogens with one attached hydrogen (secondary N) is 1. The molecule has 4 nitrogen and oxygen atoms in total. The van der Waals surface area contributed by atoms with Gasteiger partial charge in [-0.15, -0.1) is 0 Å². The Morgan fingerprint density at radius 2 is 2.11 bits per heavy atom. The van der Waals surface area contributed by atoms with Gasteiger partial charge in [0.25, 0.3) is 0 Å². The Labute approximate surface area is 111 Å². The molecule has 1 saturated carbocycles. The first-order valence-corrected chi connectivity index (χ1v) is 7.03. The van der Waals surface area contributed by atoms with Crippen molar-refractivity contribution in [3.63, 3.8) is 0 Å². The monoisotopic (exact) mass is 256 g/mol. The van der Waals surface area contributed by atoms with E-state index in [4.69, 9.17) is 4.74 Å². The molecule has 106 valence electrons. The summed E-state index contributed by atoms with van der Waals surface area (Å²) in [7, 11) is 1.83. The van der Waals surface area contributed by atoms with Crippen LogP contribution >= 0.6 is 0 Å². The number of carbonyl (C=O) groups is 1. The Balaban J connectivity index is 2.64. The molecule has 0 saturated heterocycles. The molecule has 0 aromatic carbocycles. The van der Waals surface area contributed by atoms with Gasteiger partial charge in [0.05, 0.1) is 6.61 Å². The van der Waals surface area contributed by atoms with Crippen LogP contribution in [0.4, 0.5) is 0 Å². The van der Waals surface area contributed by atoms with Crippen LogP contribution in [-0.2, 0) is 9.53 Å². The average molecular weight is 256 g/mol. The van der Waals surface area contributed by atoms with E-state index in [1.165, 1.54) is 12.8 Å². The van der Waals surface area contributed by atoms with Gasteiger partial charge in [-0.3, -0.25) is 9.69 Å². The largest absolute Gasteiger partial charge is 0.465 e. The van der Waals surface area contributed by atoms with Crippen molar-refractivity contribution in [1.82, 2.24) is 10.2 Å². The average Bonchev–Trinajstić information content (AvgIpc) is 3.12. The summed E-state index contributed by atoms with van der Waals surface area (Å²) in [6.45, 7) is 10.4. The van der Waals surface area contributed by atoms with Crippen LogP contribution in [0.25, 0.3) is 0 Å². The first-order valence-electron chi connectivity index (χ1n) is 7.03. The number of likely N-dealkylation sites (N-methyl/N-ethyl adjacent to an activating group) is 1. The molecule has 1 rings (SSSR count). The van der Waals surface area contributed by atoms with Crippen LogP contribution in [0.15, 0.2) is 0 Å². The second kappa shape index (κ2) is 6.53. The summed E-state index contributed by atoms with van der Waals surface area (Å²) in [5.41, 5.74) is -0.616. The highest BCUT2D eigenvalue weighted by Gasteiger charge is 2.37. The lowest BCUT2D eigenvalue weighted by Gasteiger charge is -2.35. The summed E-state index contributed by atoms with van der Waals surface area (Å²) in [6.07, 6.45) is 2.66. The van der Waals surface area contributed by atoms with E-state index in [9.17, 15) is 4.79 Å². The predicted molar refractivity (Wildman–Crippen MR) is 73.5 cm³/mol. The van der Waals surface area contributed by atoms with E-state index in [0.29, 0.717) is 19.2 Å². The highest BCUT2D eigenvalue weighted by Crippen LogP contribution is 2.30. The minimum absolute atomic E-state index is 0.158. The van der Waals surface area contributed by atoms with Gasteiger partial charge >= 0.3 is 5.97 Å². The topological polar surface area (TPSA) is 41.6 Å². The summed E-state index contributed by atoms with van der Waals surface area (Å²) >= 11 is 0. The van der Waals surface area contributed by atoms with Gasteiger partial charge in [0.1, 0.15) is 5.54 Å². The van der Waals surface area contributed by atoms with Gasteiger partial charge in [-0.05, 0) is 53.5 Å². The van der Waals surface area contributed by atoms with Crippen molar-refractivity contribution in [2.75, 3.05) is 26.7 Å². The lowest BCUT2D eigenvalue weighted by molar-refractivity contribution is -0.151. The standard InChI is InChI=1S/C14H28N2O2/c1-6-18-13(17)14(4,15-5)10-16(11(2)3)9-12-7-8-12/h11-12,15H,6-10H2,1-5H3. The molecule has 1 aliphatic carbocycles. The first kappa shape index (κ1) is 15.4. The van der Waals surface area contributed by atoms with Crippen LogP contribution in [0.1, 0.15) is 40.5 Å². The number of hydrogen-bond donors (Lipinski definition) is 1. The molecule has 0 radical (unpaired) electrons. The lowest BCUT2D eigenvalue weighted by Crippen LogP contribution is -2.57. The Kier molecular flexibility index (Phi) is 5.60. The molecule has 18 heavy (non-hydrogen) atoms. The molecule has 0 amide bonds. The summed E-state index contributed by atoms with van der Waals surface area (Å²) < 4.78 is 5.17. The molecule has 4 heteroatoms. The summed E-state index contributed by atoms with van der Waals surface area (Å²) in [5.74, 6) is 0.671. The molecular formula is C14H28N2O2. The maximum atomic E-state index is 12.0. The zero-order valence-electron chi connectivity index (χ0n) is 12.5. The zero-order valence-corrected chi connectivity index (χ0v) is 12.5. The Hall–Kier alpha value is -0.610. The molecule has 1 atom stereocenters. The van der Waals surface area contributed by atoms with Crippen LogP contribution in [0.2, 0.25) is 0 Å². The van der Waals surface area contributed by atoms with Gasteiger partial charge in [-0.25, -0.2) is 0 Å². The maximum absolute atomic E-state index is 12.0. The maximum Gasteiger partial charge on any atom is 0.327 e. The molecule has 1 aliphatic rings. The number of nitrogens with zero attached hydrogens (tertiary/aromatic N) is 1. The quantitative estimate of drug-likeness (QED) is 0.671. The minimum Gasteiger partial charge on any atom is -0.465 e. The molecule has 0 aliphatic heterocycles. The SMILES string of the molecule is CCOC(=O)C(C)(CN(CC1CC1)C(C)C)NC. The fraction of sp³-hybridized carbons (Fsp3) is 0.929. The Morgan fingerprint density at radius 3 is 2.50 bits per heavy atom. The van der Waals surface area contributed by atoms with Gasteiger partial charge in [0, 0.05) is 19.1 Å². The fourth-order valence-corrected chi connectivity index (χ4v) is 2.03. The van der Waals surface area contributed by atoms with E-state index in [1.807, 2.05) is 20.9 Å². The van der Waals surface area contributed by atoms with Gasteiger partial charge in [0.15, 0.2) is 0 Å². The molecule has 1 fully saturated rings. The van der Waals surface area contributed by atoms with Crippen LogP contribution in [0.5, 0.6) is 0 Å². The summed E-state index contributed by atoms with van der Waals surface area (Å²) in [4.78, 5) is 14.4. The third-order valence-electron chi connectivity index (χ3n) is 3.72. The van der Waals surface area contributed by atoms with Crippen molar-refractivity contribution in [1.29, 1.82) is 0 Å². The van der Waals surface area contributed by atoms with Crippen LogP contribution in [0, 0.1) is 5.92 Å². The molecule has 1 unspecified atom stereocenters. The van der Waals surface area contributed by atoms with Gasteiger partial charge in [-0.2, -0.15) is 0 Å². The van der Waals surface area contributed by atoms with Crippen molar-refractivity contribution in [2.45, 2.75) is 52.1 Å². The van der Waals surface area contributed by atoms with Gasteiger partial charge in [0.2, 0.25) is 0 Å². The van der Waals surface area contributed by atoms with E-state index in [1.54, 1.807) is 0 Å². The molecule has 0 aromatic rings. The molecule has 0 bridgehead atoms. The van der Waals surface area contributed by atoms with E-state index < -0.39 is 5.54 Å². The normalized spacial score (nSPS) is 19.1. The number of ether oxygens (including phenoxy) is 1. The Morgan fingerprint density at radius 1 is 1.50 bits per heavy atom. The molecule has 0 spiro atoms. The van der Waals surface area contributed by atoms with Gasteiger partial charge < -0.3 is 10.1 Å². The highest BCUT2D eigenvalue weighted by molar-refractivity contribution is 5.80. The minimum atomic E-state index is -0.616. The number of carbonyl (C=O) groups excluding carboxylic acids is 1. The van der Waals surface area contributed by atoms with E-state index in [2.05, 4.69) is 24.1 Å². The third kappa shape index (κ3) is 4.25. The van der Waals surface area contributed by atoms with Crippen molar-refractivity contribution in [2.24, 2.45) is 5.92 Å². The second-order valence-corrected chi connectivity index (χ2v) is 5.77. The second-order valence-electron chi connectivity index (χ2n) is 5.77. The predicted octanol–water partition coefficient (Wildman–Crippen LogP) is 1.65. The smallest absolute Gasteiger partial charge is 0.327 e. The molecule has 1 N–H and O–H groups in total. The molecule has 0 aromatic heterocycles. The van der Waals surface area contributed by atoms with Crippen molar-refractivity contribution >= 4 is 5.97 Å². The van der Waals surface area contributed by atoms with Gasteiger partial charge in [-0.1, -0.05) is 0 Å². The van der Waals surface area contributed by atoms with E-state index in [0.717, 1.165) is 12.5 Å². The Bertz CT molecular complexity index is 277. The number of rotatable bonds is 8. The van der Waals surface area contributed by atoms with Crippen LogP contribution < -0.4 is 5.32 Å². The van der Waals surface area contributed by atoms with Crippen molar-refractivity contribution < 1.29 is 9.53 Å².